The van der Waals surface area contributed by atoms with Crippen molar-refractivity contribution in [2.75, 3.05) is 20.1 Å². The van der Waals surface area contributed by atoms with E-state index >= 15 is 0 Å². The molecule has 106 valence electrons. The van der Waals surface area contributed by atoms with Crippen LogP contribution in [-0.4, -0.2) is 37.1 Å². The maximum atomic E-state index is 3.56. The van der Waals surface area contributed by atoms with Gasteiger partial charge in [0, 0.05) is 18.6 Å². The van der Waals surface area contributed by atoms with E-state index in [0.29, 0.717) is 0 Å². The van der Waals surface area contributed by atoms with Gasteiger partial charge < -0.3 is 5.32 Å². The van der Waals surface area contributed by atoms with Crippen molar-refractivity contribution in [1.82, 2.24) is 10.2 Å². The molecule has 2 saturated carbocycles. The molecule has 2 rings (SSSR count). The van der Waals surface area contributed by atoms with Gasteiger partial charge in [0.25, 0.3) is 0 Å². The molecule has 0 aromatic heterocycles. The first-order chi connectivity index (χ1) is 8.70. The van der Waals surface area contributed by atoms with E-state index in [1.807, 2.05) is 0 Å². The normalized spacial score (nSPS) is 23.2. The average molecular weight is 252 g/mol. The van der Waals surface area contributed by atoms with Crippen LogP contribution in [0.3, 0.4) is 0 Å². The Bertz CT molecular complexity index is 229. The van der Waals surface area contributed by atoms with Crippen molar-refractivity contribution in [2.24, 2.45) is 11.8 Å². The highest BCUT2D eigenvalue weighted by Crippen LogP contribution is 2.34. The average Bonchev–Trinajstić information content (AvgIpc) is 3.04. The molecule has 0 amide bonds. The lowest BCUT2D eigenvalue weighted by molar-refractivity contribution is 0.164. The Morgan fingerprint density at radius 2 is 1.78 bits per heavy atom. The molecule has 2 aliphatic carbocycles. The van der Waals surface area contributed by atoms with Crippen molar-refractivity contribution in [1.29, 1.82) is 0 Å². The topological polar surface area (TPSA) is 15.3 Å². The monoisotopic (exact) mass is 252 g/mol. The smallest absolute Gasteiger partial charge is 0.0220 e. The largest absolute Gasteiger partial charge is 0.315 e. The molecule has 0 bridgehead atoms. The minimum absolute atomic E-state index is 0.748. The zero-order chi connectivity index (χ0) is 13.0. The van der Waals surface area contributed by atoms with E-state index in [0.717, 1.165) is 23.9 Å². The summed E-state index contributed by atoms with van der Waals surface area (Å²) < 4.78 is 0. The molecule has 1 atom stereocenters. The fraction of sp³-hybridized carbons (Fsp3) is 1.00. The molecule has 2 heteroatoms. The fourth-order valence-corrected chi connectivity index (χ4v) is 3.34. The van der Waals surface area contributed by atoms with Crippen molar-refractivity contribution >= 4 is 0 Å². The molecular weight excluding hydrogens is 220 g/mol. The first-order valence-corrected chi connectivity index (χ1v) is 8.12. The van der Waals surface area contributed by atoms with Crippen LogP contribution < -0.4 is 5.32 Å². The van der Waals surface area contributed by atoms with Crippen LogP contribution in [0.25, 0.3) is 0 Å². The van der Waals surface area contributed by atoms with E-state index < -0.39 is 0 Å². The van der Waals surface area contributed by atoms with E-state index in [-0.39, 0.29) is 0 Å². The van der Waals surface area contributed by atoms with Gasteiger partial charge in [0.05, 0.1) is 0 Å². The fourth-order valence-electron chi connectivity index (χ4n) is 3.34. The molecule has 0 radical (unpaired) electrons. The zero-order valence-corrected chi connectivity index (χ0v) is 12.6. The second kappa shape index (κ2) is 6.91. The molecule has 0 heterocycles. The Morgan fingerprint density at radius 1 is 1.11 bits per heavy atom. The summed E-state index contributed by atoms with van der Waals surface area (Å²) in [4.78, 5) is 2.81. The van der Waals surface area contributed by atoms with Crippen LogP contribution in [0.5, 0.6) is 0 Å². The van der Waals surface area contributed by atoms with Crippen molar-refractivity contribution < 1.29 is 0 Å². The van der Waals surface area contributed by atoms with E-state index in [1.54, 1.807) is 0 Å². The lowest BCUT2D eigenvalue weighted by Crippen LogP contribution is -2.45. The maximum absolute atomic E-state index is 3.56. The highest BCUT2D eigenvalue weighted by molar-refractivity contribution is 4.90. The zero-order valence-electron chi connectivity index (χ0n) is 12.6. The highest BCUT2D eigenvalue weighted by Gasteiger charge is 2.33. The van der Waals surface area contributed by atoms with Gasteiger partial charge >= 0.3 is 0 Å². The van der Waals surface area contributed by atoms with Crippen LogP contribution >= 0.6 is 0 Å². The van der Waals surface area contributed by atoms with Gasteiger partial charge in [0.1, 0.15) is 0 Å². The van der Waals surface area contributed by atoms with Gasteiger partial charge in [-0.25, -0.2) is 0 Å². The second-order valence-corrected chi connectivity index (χ2v) is 6.85. The molecule has 1 N–H and O–H groups in total. The molecule has 18 heavy (non-hydrogen) atoms. The van der Waals surface area contributed by atoms with Crippen molar-refractivity contribution in [2.45, 2.75) is 70.9 Å². The van der Waals surface area contributed by atoms with Gasteiger partial charge in [0.15, 0.2) is 0 Å². The summed E-state index contributed by atoms with van der Waals surface area (Å²) >= 11 is 0. The van der Waals surface area contributed by atoms with Crippen molar-refractivity contribution in [3.05, 3.63) is 0 Å². The van der Waals surface area contributed by atoms with Crippen LogP contribution in [0, 0.1) is 11.8 Å². The Labute approximate surface area is 114 Å². The molecule has 2 nitrogen and oxygen atoms in total. The third-order valence-electron chi connectivity index (χ3n) is 4.83. The van der Waals surface area contributed by atoms with E-state index in [2.05, 4.69) is 31.1 Å². The molecule has 0 saturated heterocycles. The number of likely N-dealkylation sites (N-methyl/N-ethyl adjacent to an activating group) is 1. The van der Waals surface area contributed by atoms with Crippen LogP contribution in [0.1, 0.15) is 58.8 Å². The van der Waals surface area contributed by atoms with E-state index in [9.17, 15) is 0 Å². The Balaban J connectivity index is 1.85. The first kappa shape index (κ1) is 14.3. The molecular formula is C16H32N2. The number of hydrogen-bond acceptors (Lipinski definition) is 2. The molecule has 0 aliphatic heterocycles. The first-order valence-electron chi connectivity index (χ1n) is 8.12. The molecule has 2 aliphatic rings. The van der Waals surface area contributed by atoms with Crippen LogP contribution in [0.2, 0.25) is 0 Å². The summed E-state index contributed by atoms with van der Waals surface area (Å²) in [7, 11) is 2.15. The van der Waals surface area contributed by atoms with Gasteiger partial charge in [0.2, 0.25) is 0 Å². The Kier molecular flexibility index (Phi) is 5.50. The van der Waals surface area contributed by atoms with Crippen molar-refractivity contribution in [3.63, 3.8) is 0 Å². The maximum Gasteiger partial charge on any atom is 0.0220 e. The van der Waals surface area contributed by atoms with E-state index in [4.69, 9.17) is 0 Å². The quantitative estimate of drug-likeness (QED) is 0.713. The third-order valence-corrected chi connectivity index (χ3v) is 4.83. The predicted molar refractivity (Wildman–Crippen MR) is 78.9 cm³/mol. The molecule has 0 spiro atoms. The molecule has 2 fully saturated rings. The number of nitrogens with zero attached hydrogens (tertiary/aromatic N) is 1. The Morgan fingerprint density at radius 3 is 2.28 bits per heavy atom. The SMILES string of the molecule is CNC(CN(CCC(C)C)C1CCCC1)C1CC1. The summed E-state index contributed by atoms with van der Waals surface area (Å²) in [6, 6.07) is 1.64. The highest BCUT2D eigenvalue weighted by atomic mass is 15.2. The third kappa shape index (κ3) is 4.24. The number of nitrogens with one attached hydrogen (secondary N) is 1. The summed E-state index contributed by atoms with van der Waals surface area (Å²) in [5.41, 5.74) is 0. The van der Waals surface area contributed by atoms with Crippen LogP contribution in [-0.2, 0) is 0 Å². The lowest BCUT2D eigenvalue weighted by Gasteiger charge is -2.33. The Hall–Kier alpha value is -0.0800. The van der Waals surface area contributed by atoms with Gasteiger partial charge in [-0.3, -0.25) is 4.90 Å². The van der Waals surface area contributed by atoms with E-state index in [1.165, 1.54) is 58.0 Å². The second-order valence-electron chi connectivity index (χ2n) is 6.85. The standard InChI is InChI=1S/C16H32N2/c1-13(2)10-11-18(15-6-4-5-7-15)12-16(17-3)14-8-9-14/h13-17H,4-12H2,1-3H3. The minimum atomic E-state index is 0.748. The van der Waals surface area contributed by atoms with Crippen LogP contribution in [0.15, 0.2) is 0 Å². The summed E-state index contributed by atoms with van der Waals surface area (Å²) in [5, 5.41) is 3.56. The molecule has 0 aromatic carbocycles. The van der Waals surface area contributed by atoms with Gasteiger partial charge in [-0.05, 0) is 57.5 Å². The minimum Gasteiger partial charge on any atom is -0.315 e. The van der Waals surface area contributed by atoms with Gasteiger partial charge in [-0.2, -0.15) is 0 Å². The summed E-state index contributed by atoms with van der Waals surface area (Å²) in [6.45, 7) is 7.30. The number of rotatable bonds is 8. The number of hydrogen-bond donors (Lipinski definition) is 1. The van der Waals surface area contributed by atoms with Gasteiger partial charge in [-0.1, -0.05) is 26.7 Å². The van der Waals surface area contributed by atoms with Crippen molar-refractivity contribution in [3.8, 4) is 0 Å². The predicted octanol–water partition coefficient (Wildman–Crippen LogP) is 3.28. The summed E-state index contributed by atoms with van der Waals surface area (Å²) in [5.74, 6) is 1.81. The lowest BCUT2D eigenvalue weighted by atomic mass is 10.1. The molecule has 0 aromatic rings. The summed E-state index contributed by atoms with van der Waals surface area (Å²) in [6.07, 6.45) is 10.1. The van der Waals surface area contributed by atoms with Gasteiger partial charge in [-0.15, -0.1) is 0 Å². The van der Waals surface area contributed by atoms with Crippen LogP contribution in [0.4, 0.5) is 0 Å². The molecule has 1 unspecified atom stereocenters.